The van der Waals surface area contributed by atoms with E-state index in [1.165, 1.54) is 7.11 Å². The minimum atomic E-state index is -1.69. The van der Waals surface area contributed by atoms with Gasteiger partial charge in [0.15, 0.2) is 0 Å². The summed E-state index contributed by atoms with van der Waals surface area (Å²) in [7, 11) is 7.32. The van der Waals surface area contributed by atoms with Crippen molar-refractivity contribution in [3.8, 4) is 0 Å². The van der Waals surface area contributed by atoms with E-state index in [4.69, 9.17) is 13.8 Å². The topological polar surface area (TPSA) is 75.1 Å². The summed E-state index contributed by atoms with van der Waals surface area (Å²) in [5.41, 5.74) is 7.78. The number of methoxy groups -OCH3 is 1. The van der Waals surface area contributed by atoms with Gasteiger partial charge in [-0.1, -0.05) is 0 Å². The van der Waals surface area contributed by atoms with Crippen molar-refractivity contribution in [2.75, 3.05) is 7.11 Å². The number of ether oxygens (including phenoxy) is 1. The van der Waals surface area contributed by atoms with Crippen LogP contribution in [0.5, 0.6) is 0 Å². The van der Waals surface area contributed by atoms with Crippen molar-refractivity contribution in [1.29, 1.82) is 0 Å². The molecule has 1 aliphatic rings. The first-order chi connectivity index (χ1) is 6.47. The molecular weight excluding hydrogens is 394 g/mol. The Morgan fingerprint density at radius 2 is 2.29 bits per heavy atom. The van der Waals surface area contributed by atoms with Crippen LogP contribution in [-0.4, -0.2) is 18.6 Å². The van der Waals surface area contributed by atoms with Crippen molar-refractivity contribution in [2.24, 2.45) is 11.0 Å². The first kappa shape index (κ1) is 12.1. The van der Waals surface area contributed by atoms with Gasteiger partial charge < -0.3 is 0 Å². The Balaban J connectivity index is 3.00. The van der Waals surface area contributed by atoms with Gasteiger partial charge in [-0.15, -0.1) is 0 Å². The molecule has 0 aliphatic heterocycles. The number of hydrogen-bond acceptors (Lipinski definition) is 3. The van der Waals surface area contributed by atoms with Crippen LogP contribution in [0.15, 0.2) is 5.11 Å². The predicted molar refractivity (Wildman–Crippen MR) is 47.3 cm³/mol. The molecule has 3 atom stereocenters. The molecule has 1 rings (SSSR count). The van der Waals surface area contributed by atoms with Crippen molar-refractivity contribution in [2.45, 2.75) is 22.3 Å². The number of esters is 1. The van der Waals surface area contributed by atoms with Crippen LogP contribution in [0.3, 0.4) is 0 Å². The monoisotopic (exact) mass is 405 g/mol. The van der Waals surface area contributed by atoms with Crippen LogP contribution < -0.4 is 0 Å². The molecule has 0 saturated heterocycles. The summed E-state index contributed by atoms with van der Waals surface area (Å²) in [6.07, 6.45) is 0. The molecule has 1 fully saturated rings. The molecule has 74 valence electrons. The summed E-state index contributed by atoms with van der Waals surface area (Å²) in [6.45, 7) is 3.69. The van der Waals surface area contributed by atoms with Gasteiger partial charge in [0.1, 0.15) is 0 Å². The number of halogens is 1. The number of nitrogens with zero attached hydrogens (tertiary/aromatic N) is 3. The normalized spacial score (nSPS) is 39.3. The average molecular weight is 404 g/mol. The molecule has 7 heteroatoms. The van der Waals surface area contributed by atoms with E-state index in [1.54, 1.807) is 6.92 Å². The zero-order valence-electron chi connectivity index (χ0n) is 8.32. The van der Waals surface area contributed by atoms with E-state index in [2.05, 4.69) is 14.8 Å². The van der Waals surface area contributed by atoms with Crippen LogP contribution in [0.25, 0.3) is 10.4 Å². The molecule has 0 unspecified atom stereocenters. The zero-order chi connectivity index (χ0) is 11.0. The molecule has 0 N–H and O–H groups in total. The molecule has 0 aromatic heterocycles. The zero-order valence-corrected chi connectivity index (χ0v) is 14.6. The van der Waals surface area contributed by atoms with Gasteiger partial charge in [0.05, 0.1) is 0 Å². The van der Waals surface area contributed by atoms with Crippen LogP contribution in [0.2, 0.25) is 2.92 Å². The van der Waals surface area contributed by atoms with Crippen LogP contribution in [0.1, 0.15) is 13.8 Å². The SMILES string of the molecule is COC(=O)[C@@H]1[C@](C)(N=[N+]=[N-])[C@]1(C)[Hg][Cl]. The fourth-order valence-electron chi connectivity index (χ4n) is 1.94. The second-order valence-electron chi connectivity index (χ2n) is 3.84. The molecule has 0 heterocycles. The van der Waals surface area contributed by atoms with E-state index in [0.29, 0.717) is 0 Å². The summed E-state index contributed by atoms with van der Waals surface area (Å²) in [5, 5.41) is 3.69. The molecule has 14 heavy (non-hydrogen) atoms. The summed E-state index contributed by atoms with van der Waals surface area (Å²) in [4.78, 5) is 14.2. The van der Waals surface area contributed by atoms with E-state index < -0.39 is 28.9 Å². The van der Waals surface area contributed by atoms with E-state index in [1.807, 2.05) is 6.92 Å². The van der Waals surface area contributed by atoms with E-state index >= 15 is 0 Å². The summed E-state index contributed by atoms with van der Waals surface area (Å²) in [6, 6.07) is 0. The Morgan fingerprint density at radius 3 is 2.64 bits per heavy atom. The second kappa shape index (κ2) is 3.87. The van der Waals surface area contributed by atoms with Crippen molar-refractivity contribution < 1.29 is 32.9 Å². The molecular formula is C7H10ClHgN3O2. The maximum absolute atomic E-state index is 11.4. The first-order valence-electron chi connectivity index (χ1n) is 4.18. The van der Waals surface area contributed by atoms with Crippen molar-refractivity contribution >= 4 is 14.2 Å². The van der Waals surface area contributed by atoms with E-state index in [9.17, 15) is 4.79 Å². The molecule has 0 radical (unpaired) electrons. The molecule has 1 saturated carbocycles. The van der Waals surface area contributed by atoms with Crippen molar-refractivity contribution in [3.63, 3.8) is 0 Å². The fraction of sp³-hybridized carbons (Fsp3) is 0.857. The van der Waals surface area contributed by atoms with Gasteiger partial charge in [0, 0.05) is 0 Å². The van der Waals surface area contributed by atoms with Gasteiger partial charge in [-0.3, -0.25) is 0 Å². The van der Waals surface area contributed by atoms with Crippen LogP contribution >= 0.6 is 8.25 Å². The van der Waals surface area contributed by atoms with E-state index in [0.717, 1.165) is 0 Å². The summed E-state index contributed by atoms with van der Waals surface area (Å²) in [5.74, 6) is -0.655. The molecule has 0 bridgehead atoms. The average Bonchev–Trinajstić information content (AvgIpc) is 2.64. The number of carbonyl (C=O) groups is 1. The Morgan fingerprint density at radius 1 is 1.71 bits per heavy atom. The van der Waals surface area contributed by atoms with E-state index in [-0.39, 0.29) is 14.8 Å². The standard InChI is InChI=1S/C7H10N3O2.ClH.Hg/c1-4-5(6(11)12-3)7(4,2)9-10-8;;/h5H,1-3H3;1H;/q;;+1/p-1/t5-,7-;;/m1../s1. The maximum atomic E-state index is 11.4. The van der Waals surface area contributed by atoms with Crippen LogP contribution in [-0.2, 0) is 32.9 Å². The van der Waals surface area contributed by atoms with Gasteiger partial charge in [-0.2, -0.15) is 0 Å². The molecule has 0 amide bonds. The van der Waals surface area contributed by atoms with Crippen LogP contribution in [0.4, 0.5) is 0 Å². The second-order valence-corrected chi connectivity index (χ2v) is 12.9. The van der Waals surface area contributed by atoms with Crippen LogP contribution in [0, 0.1) is 5.92 Å². The Bertz CT molecular complexity index is 320. The van der Waals surface area contributed by atoms with Gasteiger partial charge >= 0.3 is 98.0 Å². The molecule has 0 aromatic rings. The number of rotatable bonds is 3. The third-order valence-corrected chi connectivity index (χ3v) is 14.6. The fourth-order valence-corrected chi connectivity index (χ4v) is 10.2. The molecule has 0 spiro atoms. The Labute approximate surface area is 97.6 Å². The quantitative estimate of drug-likeness (QED) is 0.238. The summed E-state index contributed by atoms with van der Waals surface area (Å²) < 4.78 is 4.40. The molecule has 0 aromatic carbocycles. The predicted octanol–water partition coefficient (Wildman–Crippen LogP) is 2.27. The summed E-state index contributed by atoms with van der Waals surface area (Å²) >= 11 is -1.69. The van der Waals surface area contributed by atoms with Gasteiger partial charge in [-0.25, -0.2) is 0 Å². The number of azide groups is 1. The number of hydrogen-bond donors (Lipinski definition) is 0. The first-order valence-corrected chi connectivity index (χ1v) is 13.7. The van der Waals surface area contributed by atoms with Crippen molar-refractivity contribution in [1.82, 2.24) is 0 Å². The third kappa shape index (κ3) is 1.42. The number of carbonyl (C=O) groups excluding carboxylic acids is 1. The Kier molecular flexibility index (Phi) is 3.34. The molecule has 1 aliphatic carbocycles. The third-order valence-electron chi connectivity index (χ3n) is 3.24. The van der Waals surface area contributed by atoms with Gasteiger partial charge in [0.2, 0.25) is 0 Å². The minimum absolute atomic E-state index is 0.270. The molecule has 5 nitrogen and oxygen atoms in total. The van der Waals surface area contributed by atoms with Gasteiger partial charge in [-0.05, 0) is 0 Å². The van der Waals surface area contributed by atoms with Gasteiger partial charge in [0.25, 0.3) is 0 Å². The van der Waals surface area contributed by atoms with Crippen molar-refractivity contribution in [3.05, 3.63) is 10.4 Å². The Hall–Kier alpha value is 0.00506.